The van der Waals surface area contributed by atoms with Crippen LogP contribution in [0.3, 0.4) is 0 Å². The predicted octanol–water partition coefficient (Wildman–Crippen LogP) is 1.49. The number of unbranched alkanes of at least 4 members (excludes halogenated alkanes) is 1. The molecular weight excluding hydrogens is 945 g/mol. The number of amides is 5. The molecule has 1 aliphatic heterocycles. The van der Waals surface area contributed by atoms with Crippen LogP contribution in [-0.2, 0) is 24.0 Å². The average molecular weight is 1020 g/mol. The first-order valence-electron chi connectivity index (χ1n) is 21.9. The molecule has 0 bridgehead atoms. The Morgan fingerprint density at radius 3 is 2.04 bits per heavy atom. The van der Waals surface area contributed by atoms with Crippen LogP contribution in [0.1, 0.15) is 76.8 Å². The van der Waals surface area contributed by atoms with Gasteiger partial charge < -0.3 is 67.4 Å². The van der Waals surface area contributed by atoms with E-state index in [2.05, 4.69) is 26.3 Å². The van der Waals surface area contributed by atoms with E-state index in [0.29, 0.717) is 47.8 Å². The van der Waals surface area contributed by atoms with E-state index in [1.807, 2.05) is 13.8 Å². The summed E-state index contributed by atoms with van der Waals surface area (Å²) in [5.41, 5.74) is 20.8. The van der Waals surface area contributed by atoms with Crippen molar-refractivity contribution in [2.45, 2.75) is 102 Å². The van der Waals surface area contributed by atoms with E-state index in [1.54, 1.807) is 47.9 Å². The molecule has 0 aliphatic carbocycles. The van der Waals surface area contributed by atoms with Gasteiger partial charge in [0.1, 0.15) is 29.9 Å². The van der Waals surface area contributed by atoms with E-state index >= 15 is 0 Å². The van der Waals surface area contributed by atoms with E-state index in [1.165, 1.54) is 40.3 Å². The second-order valence-corrected chi connectivity index (χ2v) is 16.2. The summed E-state index contributed by atoms with van der Waals surface area (Å²) >= 11 is 0. The number of benzene rings is 2. The van der Waals surface area contributed by atoms with E-state index in [0.717, 1.165) is 5.56 Å². The minimum Gasteiger partial charge on any atom is -0.495 e. The van der Waals surface area contributed by atoms with Crippen LogP contribution in [-0.4, -0.2) is 135 Å². The number of anilines is 1. The molecule has 69 heavy (non-hydrogen) atoms. The third kappa shape index (κ3) is 18.7. The molecule has 1 aliphatic rings. The smallest absolute Gasteiger partial charge is 0.251 e. The third-order valence-electron chi connectivity index (χ3n) is 10.9. The number of aliphatic imine (C=N–C) groups is 1. The quantitative estimate of drug-likeness (QED) is 0.0161. The number of carbonyl (C=O) groups is 5. The molecule has 0 aromatic heterocycles. The Morgan fingerprint density at radius 1 is 0.841 bits per heavy atom. The SMILES string of the molecule is COc1ccc(/C=C\c2cc(OC)c(OC)c(OC)c2)cc1NC(=O)[C@H](CCCN=C(N)N[N+](=O)[O-])NC(=O)[C@@H]1CCCN1C(=O)[C@H](CCCCNC(=O)[C@@H](N)C(C)C)NC(=O)[C@@H](N)[C@@H](C)O.Cl.Cl. The number of hydrazine groups is 1. The summed E-state index contributed by atoms with van der Waals surface area (Å²) in [5.74, 6) is -1.81. The molecule has 1 saturated heterocycles. The second kappa shape index (κ2) is 30.4. The normalized spacial score (nSPS) is 15.6. The number of nitrogens with one attached hydrogen (secondary N) is 5. The molecule has 386 valence electrons. The fourth-order valence-electron chi connectivity index (χ4n) is 7.05. The minimum absolute atomic E-state index is 0. The van der Waals surface area contributed by atoms with Gasteiger partial charge >= 0.3 is 0 Å². The van der Waals surface area contributed by atoms with Crippen LogP contribution in [0.15, 0.2) is 35.3 Å². The van der Waals surface area contributed by atoms with Crippen LogP contribution in [0.5, 0.6) is 23.0 Å². The number of guanidine groups is 1. The van der Waals surface area contributed by atoms with Crippen molar-refractivity contribution in [1.29, 1.82) is 0 Å². The Labute approximate surface area is 414 Å². The highest BCUT2D eigenvalue weighted by molar-refractivity contribution is 6.00. The lowest BCUT2D eigenvalue weighted by molar-refractivity contribution is -0.525. The molecule has 12 N–H and O–H groups in total. The molecule has 2 aromatic rings. The molecule has 5 amide bonds. The maximum absolute atomic E-state index is 14.2. The molecule has 1 heterocycles. The van der Waals surface area contributed by atoms with Gasteiger partial charge in [-0.2, -0.15) is 0 Å². The summed E-state index contributed by atoms with van der Waals surface area (Å²) in [6.07, 6.45) is 4.11. The maximum Gasteiger partial charge on any atom is 0.251 e. The monoisotopic (exact) mass is 1010 g/mol. The standard InChI is InChI=1S/C44H67N11O12.2ClH/c1-25(2)36(45)41(59)48-19-9-8-12-30(51-42(60)37(46)26(3)56)43(61)54-21-11-14-32(54)40(58)50-29(13-10-20-49-44(47)53-55(62)63)39(57)52-31-22-27(17-18-33(31)64-4)15-16-28-23-34(65-5)38(67-7)35(24-28)66-6;;/h15-18,22-26,29-30,32,36-37,56H,8-14,19-21,45-46H2,1-7H3,(H,48,59)(H,50,58)(H,51,60)(H,52,57)(H3,47,49,53);2*1H/b16-15-;;/t26-,29+,30+,32+,36+,37+;;/m1../s1. The van der Waals surface area contributed by atoms with Crippen molar-refractivity contribution in [2.75, 3.05) is 53.4 Å². The topological polar surface area (TPSA) is 339 Å². The van der Waals surface area contributed by atoms with Crippen molar-refractivity contribution < 1.29 is 53.1 Å². The number of methoxy groups -OCH3 is 4. The predicted molar refractivity (Wildman–Crippen MR) is 265 cm³/mol. The lowest BCUT2D eigenvalue weighted by atomic mass is 10.0. The van der Waals surface area contributed by atoms with E-state index in [-0.39, 0.29) is 87.6 Å². The fourth-order valence-corrected chi connectivity index (χ4v) is 7.05. The number of carbonyl (C=O) groups excluding carboxylic acids is 5. The Morgan fingerprint density at radius 2 is 1.46 bits per heavy atom. The molecule has 6 atom stereocenters. The third-order valence-corrected chi connectivity index (χ3v) is 10.9. The Kier molecular flexibility index (Phi) is 26.8. The van der Waals surface area contributed by atoms with Crippen molar-refractivity contribution in [2.24, 2.45) is 28.1 Å². The van der Waals surface area contributed by atoms with E-state index < -0.39 is 70.9 Å². The van der Waals surface area contributed by atoms with Crippen LogP contribution in [0, 0.1) is 16.0 Å². The summed E-state index contributed by atoms with van der Waals surface area (Å²) in [6.45, 7) is 5.38. The molecule has 25 heteroatoms. The summed E-state index contributed by atoms with van der Waals surface area (Å²) in [6, 6.07) is 3.20. The summed E-state index contributed by atoms with van der Waals surface area (Å²) in [5, 5.41) is 31.0. The number of hydrogen-bond acceptors (Lipinski definition) is 15. The van der Waals surface area contributed by atoms with Gasteiger partial charge in [-0.05, 0) is 93.2 Å². The van der Waals surface area contributed by atoms with Gasteiger partial charge in [0.2, 0.25) is 35.3 Å². The Balaban J connectivity index is 0.0000119. The number of hydrogen-bond donors (Lipinski definition) is 9. The lowest BCUT2D eigenvalue weighted by Gasteiger charge is -2.30. The molecule has 2 aromatic carbocycles. The molecule has 23 nitrogen and oxygen atoms in total. The summed E-state index contributed by atoms with van der Waals surface area (Å²) in [4.78, 5) is 84.0. The van der Waals surface area contributed by atoms with Gasteiger partial charge in [0, 0.05) is 19.6 Å². The zero-order chi connectivity index (χ0) is 49.8. The van der Waals surface area contributed by atoms with Gasteiger partial charge in [0.25, 0.3) is 5.96 Å². The molecule has 0 unspecified atom stereocenters. The number of likely N-dealkylation sites (tertiary alicyclic amines) is 1. The van der Waals surface area contributed by atoms with Crippen molar-refractivity contribution in [3.05, 3.63) is 51.6 Å². The van der Waals surface area contributed by atoms with Crippen LogP contribution in [0.4, 0.5) is 5.69 Å². The van der Waals surface area contributed by atoms with Crippen LogP contribution in [0.25, 0.3) is 12.2 Å². The summed E-state index contributed by atoms with van der Waals surface area (Å²) in [7, 11) is 5.95. The van der Waals surface area contributed by atoms with Crippen LogP contribution in [0.2, 0.25) is 0 Å². The molecule has 0 radical (unpaired) electrons. The highest BCUT2D eigenvalue weighted by atomic mass is 35.5. The lowest BCUT2D eigenvalue weighted by Crippen LogP contribution is -2.58. The molecule has 0 spiro atoms. The van der Waals surface area contributed by atoms with Crippen molar-refractivity contribution >= 4 is 78.1 Å². The van der Waals surface area contributed by atoms with Gasteiger partial charge in [-0.25, -0.2) is 15.1 Å². The number of ether oxygens (including phenoxy) is 4. The minimum atomic E-state index is -1.34. The molecule has 0 saturated carbocycles. The zero-order valence-electron chi connectivity index (χ0n) is 40.0. The van der Waals surface area contributed by atoms with E-state index in [9.17, 15) is 39.2 Å². The first-order valence-corrected chi connectivity index (χ1v) is 21.9. The summed E-state index contributed by atoms with van der Waals surface area (Å²) < 4.78 is 21.9. The van der Waals surface area contributed by atoms with Crippen LogP contribution >= 0.6 is 24.8 Å². The molecule has 1 fully saturated rings. The van der Waals surface area contributed by atoms with Gasteiger partial charge in [-0.15, -0.1) is 24.8 Å². The highest BCUT2D eigenvalue weighted by Gasteiger charge is 2.39. The number of nitro groups is 1. The van der Waals surface area contributed by atoms with Gasteiger partial charge in [-0.3, -0.25) is 24.0 Å². The van der Waals surface area contributed by atoms with Crippen molar-refractivity contribution in [3.63, 3.8) is 0 Å². The molecular formula is C44H69Cl2N11O12. The van der Waals surface area contributed by atoms with Gasteiger partial charge in [0.15, 0.2) is 16.5 Å². The Hall–Kier alpha value is -6.14. The van der Waals surface area contributed by atoms with E-state index in [4.69, 9.17) is 36.1 Å². The maximum atomic E-state index is 14.2. The number of nitrogens with two attached hydrogens (primary N) is 3. The van der Waals surface area contributed by atoms with Gasteiger partial charge in [-0.1, -0.05) is 37.5 Å². The fraction of sp³-hybridized carbons (Fsp3) is 0.545. The average Bonchev–Trinajstić information content (AvgIpc) is 3.80. The van der Waals surface area contributed by atoms with Crippen molar-refractivity contribution in [3.8, 4) is 23.0 Å². The first kappa shape index (κ1) is 60.9. The highest BCUT2D eigenvalue weighted by Crippen LogP contribution is 2.39. The second-order valence-electron chi connectivity index (χ2n) is 16.2. The first-order chi connectivity index (χ1) is 31.8. The number of halogens is 2. The van der Waals surface area contributed by atoms with Crippen molar-refractivity contribution in [1.82, 2.24) is 26.3 Å². The van der Waals surface area contributed by atoms with Gasteiger partial charge in [0.05, 0.1) is 46.3 Å². The number of rotatable bonds is 26. The molecule has 3 rings (SSSR count). The number of aliphatic hydroxyl groups is 1. The number of aliphatic hydroxyl groups excluding tert-OH is 1. The number of nitrogens with zero attached hydrogens (tertiary/aromatic N) is 3. The largest absolute Gasteiger partial charge is 0.495 e. The zero-order valence-corrected chi connectivity index (χ0v) is 41.6. The Bertz CT molecular complexity index is 2070. The van der Waals surface area contributed by atoms with Crippen LogP contribution < -0.4 is 62.8 Å².